The van der Waals surface area contributed by atoms with Crippen molar-refractivity contribution in [3.63, 3.8) is 0 Å². The number of nitrogens with zero attached hydrogens (tertiary/aromatic N) is 1. The maximum absolute atomic E-state index is 12.1. The number of nitro benzene ring substituents is 1. The number of hydrogen-bond acceptors (Lipinski definition) is 5. The molecule has 0 aliphatic rings. The molecule has 0 spiro atoms. The molecule has 104 valence electrons. The highest BCUT2D eigenvalue weighted by Crippen LogP contribution is 2.33. The molecule has 1 rings (SSSR count). The summed E-state index contributed by atoms with van der Waals surface area (Å²) in [7, 11) is 0. The van der Waals surface area contributed by atoms with Crippen LogP contribution in [-0.4, -0.2) is 27.7 Å². The zero-order chi connectivity index (χ0) is 14.7. The molecule has 9 heteroatoms. The molecular formula is C10H9F2NO6. The Balaban J connectivity index is 3.37. The zero-order valence-corrected chi connectivity index (χ0v) is 9.54. The van der Waals surface area contributed by atoms with Gasteiger partial charge in [0.2, 0.25) is 0 Å². The predicted octanol–water partition coefficient (Wildman–Crippen LogP) is 1.62. The van der Waals surface area contributed by atoms with Crippen molar-refractivity contribution in [3.05, 3.63) is 33.4 Å². The number of ether oxygens (including phenoxy) is 1. The summed E-state index contributed by atoms with van der Waals surface area (Å²) < 4.78 is 28.2. The summed E-state index contributed by atoms with van der Waals surface area (Å²) in [5.41, 5.74) is -1.27. The van der Waals surface area contributed by atoms with Crippen molar-refractivity contribution >= 4 is 11.7 Å². The highest BCUT2D eigenvalue weighted by Gasteiger charge is 2.28. The van der Waals surface area contributed by atoms with Crippen LogP contribution in [-0.2, 0) is 4.79 Å². The lowest BCUT2D eigenvalue weighted by Crippen LogP contribution is -2.13. The Labute approximate surface area is 105 Å². The number of aliphatic hydroxyl groups excluding tert-OH is 1. The van der Waals surface area contributed by atoms with Crippen LogP contribution in [0.1, 0.15) is 17.2 Å². The van der Waals surface area contributed by atoms with Crippen molar-refractivity contribution in [2.45, 2.75) is 19.6 Å². The van der Waals surface area contributed by atoms with E-state index in [0.29, 0.717) is 6.07 Å². The summed E-state index contributed by atoms with van der Waals surface area (Å²) >= 11 is 0. The Hall–Kier alpha value is -2.29. The van der Waals surface area contributed by atoms with Gasteiger partial charge in [-0.05, 0) is 18.6 Å². The van der Waals surface area contributed by atoms with E-state index < -0.39 is 40.6 Å². The van der Waals surface area contributed by atoms with Gasteiger partial charge in [-0.3, -0.25) is 10.1 Å². The van der Waals surface area contributed by atoms with Gasteiger partial charge < -0.3 is 14.9 Å². The summed E-state index contributed by atoms with van der Waals surface area (Å²) in [6.45, 7) is -1.88. The molecule has 0 amide bonds. The number of benzene rings is 1. The quantitative estimate of drug-likeness (QED) is 0.625. The van der Waals surface area contributed by atoms with Gasteiger partial charge in [0.1, 0.15) is 5.75 Å². The predicted molar refractivity (Wildman–Crippen MR) is 57.1 cm³/mol. The summed E-state index contributed by atoms with van der Waals surface area (Å²) in [4.78, 5) is 20.4. The number of aliphatic carboxylic acids is 1. The lowest BCUT2D eigenvalue weighted by Gasteiger charge is -2.12. The van der Waals surface area contributed by atoms with Crippen LogP contribution in [0.5, 0.6) is 5.75 Å². The van der Waals surface area contributed by atoms with E-state index in [1.807, 2.05) is 0 Å². The van der Waals surface area contributed by atoms with E-state index in [1.165, 1.54) is 6.92 Å². The van der Waals surface area contributed by atoms with Gasteiger partial charge in [0.05, 0.1) is 16.6 Å². The zero-order valence-electron chi connectivity index (χ0n) is 9.54. The first-order chi connectivity index (χ1) is 8.73. The van der Waals surface area contributed by atoms with Gasteiger partial charge in [-0.15, -0.1) is 0 Å². The van der Waals surface area contributed by atoms with Crippen LogP contribution in [0.4, 0.5) is 14.5 Å². The number of carboxylic acid groups (broad SMARTS) is 1. The number of halogens is 2. The second-order valence-corrected chi connectivity index (χ2v) is 3.55. The normalized spacial score (nSPS) is 12.3. The van der Waals surface area contributed by atoms with E-state index in [1.54, 1.807) is 0 Å². The largest absolute Gasteiger partial charge is 0.479 e. The average molecular weight is 277 g/mol. The highest BCUT2D eigenvalue weighted by molar-refractivity contribution is 5.76. The van der Waals surface area contributed by atoms with Crippen molar-refractivity contribution < 1.29 is 33.4 Å². The summed E-state index contributed by atoms with van der Waals surface area (Å²) in [5.74, 6) is -2.15. The van der Waals surface area contributed by atoms with Crippen molar-refractivity contribution in [2.24, 2.45) is 0 Å². The molecule has 0 aromatic heterocycles. The number of carbonyl (C=O) groups is 1. The SMILES string of the molecule is Cc1cc(C(O)C(=O)O)c([N+](=O)[O-])cc1OC(F)F. The average Bonchev–Trinajstić information content (AvgIpc) is 2.29. The number of hydrogen-bond donors (Lipinski definition) is 2. The highest BCUT2D eigenvalue weighted by atomic mass is 19.3. The topological polar surface area (TPSA) is 110 Å². The molecule has 0 fully saturated rings. The van der Waals surface area contributed by atoms with E-state index in [9.17, 15) is 28.8 Å². The molecule has 0 bridgehead atoms. The van der Waals surface area contributed by atoms with Gasteiger partial charge >= 0.3 is 12.6 Å². The Kier molecular flexibility index (Phi) is 4.33. The fourth-order valence-corrected chi connectivity index (χ4v) is 1.43. The first-order valence-corrected chi connectivity index (χ1v) is 4.88. The Morgan fingerprint density at radius 3 is 2.47 bits per heavy atom. The minimum absolute atomic E-state index is 0.0428. The minimum atomic E-state index is -3.17. The standard InChI is InChI=1S/C10H9F2NO6/c1-4-2-5(8(14)9(15)16)6(13(17)18)3-7(4)19-10(11)12/h2-3,8,10,14H,1H3,(H,15,16). The third-order valence-corrected chi connectivity index (χ3v) is 2.27. The number of aliphatic hydroxyl groups is 1. The van der Waals surface area contributed by atoms with E-state index in [4.69, 9.17) is 5.11 Å². The van der Waals surface area contributed by atoms with Crippen molar-refractivity contribution in [1.29, 1.82) is 0 Å². The van der Waals surface area contributed by atoms with E-state index in [-0.39, 0.29) is 5.56 Å². The molecule has 19 heavy (non-hydrogen) atoms. The molecule has 0 aliphatic heterocycles. The maximum atomic E-state index is 12.1. The third-order valence-electron chi connectivity index (χ3n) is 2.27. The second kappa shape index (κ2) is 5.57. The van der Waals surface area contributed by atoms with Crippen LogP contribution in [0.3, 0.4) is 0 Å². The fraction of sp³-hybridized carbons (Fsp3) is 0.300. The smallest absolute Gasteiger partial charge is 0.387 e. The molecule has 0 radical (unpaired) electrons. The second-order valence-electron chi connectivity index (χ2n) is 3.55. The minimum Gasteiger partial charge on any atom is -0.479 e. The number of nitro groups is 1. The van der Waals surface area contributed by atoms with Gasteiger partial charge in [0.15, 0.2) is 6.10 Å². The van der Waals surface area contributed by atoms with Gasteiger partial charge in [-0.1, -0.05) is 0 Å². The molecule has 0 saturated carbocycles. The molecule has 2 N–H and O–H groups in total. The lowest BCUT2D eigenvalue weighted by molar-refractivity contribution is -0.386. The monoisotopic (exact) mass is 277 g/mol. The summed E-state index contributed by atoms with van der Waals surface area (Å²) in [6.07, 6.45) is -2.13. The molecule has 0 heterocycles. The Morgan fingerprint density at radius 2 is 2.05 bits per heavy atom. The molecule has 1 aromatic rings. The summed E-state index contributed by atoms with van der Waals surface area (Å²) in [5, 5.41) is 28.7. The molecule has 1 atom stereocenters. The van der Waals surface area contributed by atoms with E-state index in [0.717, 1.165) is 6.07 Å². The Bertz CT molecular complexity index is 519. The lowest BCUT2D eigenvalue weighted by atomic mass is 10.0. The first-order valence-electron chi connectivity index (χ1n) is 4.88. The van der Waals surface area contributed by atoms with Gasteiger partial charge in [0, 0.05) is 0 Å². The number of alkyl halides is 2. The number of carboxylic acids is 1. The number of rotatable bonds is 5. The third kappa shape index (κ3) is 3.35. The van der Waals surface area contributed by atoms with Crippen LogP contribution < -0.4 is 4.74 Å². The maximum Gasteiger partial charge on any atom is 0.387 e. The molecule has 7 nitrogen and oxygen atoms in total. The van der Waals surface area contributed by atoms with Crippen molar-refractivity contribution in [2.75, 3.05) is 0 Å². The Morgan fingerprint density at radius 1 is 1.47 bits per heavy atom. The van der Waals surface area contributed by atoms with Crippen LogP contribution in [0.15, 0.2) is 12.1 Å². The molecular weight excluding hydrogens is 268 g/mol. The fourth-order valence-electron chi connectivity index (χ4n) is 1.43. The van der Waals surface area contributed by atoms with Crippen LogP contribution in [0, 0.1) is 17.0 Å². The van der Waals surface area contributed by atoms with Crippen LogP contribution >= 0.6 is 0 Å². The van der Waals surface area contributed by atoms with Crippen molar-refractivity contribution in [1.82, 2.24) is 0 Å². The van der Waals surface area contributed by atoms with E-state index >= 15 is 0 Å². The van der Waals surface area contributed by atoms with Gasteiger partial charge in [-0.25, -0.2) is 4.79 Å². The van der Waals surface area contributed by atoms with Gasteiger partial charge in [0.25, 0.3) is 5.69 Å². The van der Waals surface area contributed by atoms with Gasteiger partial charge in [-0.2, -0.15) is 8.78 Å². The van der Waals surface area contributed by atoms with Crippen molar-refractivity contribution in [3.8, 4) is 5.75 Å². The van der Waals surface area contributed by atoms with Crippen LogP contribution in [0.25, 0.3) is 0 Å². The molecule has 0 aliphatic carbocycles. The number of aryl methyl sites for hydroxylation is 1. The molecule has 0 saturated heterocycles. The summed E-state index contributed by atoms with van der Waals surface area (Å²) in [6, 6.07) is 1.58. The van der Waals surface area contributed by atoms with Crippen LogP contribution in [0.2, 0.25) is 0 Å². The first kappa shape index (κ1) is 14.8. The molecule has 1 unspecified atom stereocenters. The van der Waals surface area contributed by atoms with E-state index in [2.05, 4.69) is 4.74 Å². The molecule has 1 aromatic carbocycles.